The molecule has 3 aromatic carbocycles. The molecule has 4 aromatic rings. The molecule has 8 heteroatoms. The maximum Gasteiger partial charge on any atom is 0.277 e. The Morgan fingerprint density at radius 1 is 1.03 bits per heavy atom. The van der Waals surface area contributed by atoms with E-state index in [1.54, 1.807) is 25.4 Å². The summed E-state index contributed by atoms with van der Waals surface area (Å²) in [6.07, 6.45) is 3.21. The molecule has 4 rings (SSSR count). The molecule has 35 heavy (non-hydrogen) atoms. The number of nitrogens with zero attached hydrogens (tertiary/aromatic N) is 2. The normalized spacial score (nSPS) is 10.9. The average molecular weight is 534 g/mol. The van der Waals surface area contributed by atoms with Gasteiger partial charge in [0.2, 0.25) is 0 Å². The predicted molar refractivity (Wildman–Crippen MR) is 139 cm³/mol. The number of hydrogen-bond acceptors (Lipinski definition) is 6. The highest BCUT2D eigenvalue weighted by atomic mass is 79.9. The third-order valence-corrected chi connectivity index (χ3v) is 5.83. The third kappa shape index (κ3) is 6.36. The molecule has 0 atom stereocenters. The number of methoxy groups -OCH3 is 1. The van der Waals surface area contributed by atoms with Crippen molar-refractivity contribution in [2.24, 2.45) is 5.10 Å². The van der Waals surface area contributed by atoms with Crippen LogP contribution in [0.3, 0.4) is 0 Å². The Bertz CT molecular complexity index is 1350. The number of rotatable bonds is 9. The number of amides is 1. The first-order valence-electron chi connectivity index (χ1n) is 10.9. The Morgan fingerprint density at radius 3 is 2.63 bits per heavy atom. The third-order valence-electron chi connectivity index (χ3n) is 5.15. The zero-order valence-electron chi connectivity index (χ0n) is 19.3. The highest BCUT2D eigenvalue weighted by molar-refractivity contribution is 9.10. The zero-order chi connectivity index (χ0) is 24.6. The van der Waals surface area contributed by atoms with Gasteiger partial charge in [-0.1, -0.05) is 48.0 Å². The van der Waals surface area contributed by atoms with Crippen LogP contribution in [0, 0.1) is 6.92 Å². The van der Waals surface area contributed by atoms with E-state index in [0.29, 0.717) is 34.9 Å². The van der Waals surface area contributed by atoms with Gasteiger partial charge in [0.25, 0.3) is 5.91 Å². The second-order valence-electron chi connectivity index (χ2n) is 7.71. The van der Waals surface area contributed by atoms with E-state index in [0.717, 1.165) is 15.4 Å². The topological polar surface area (TPSA) is 82.0 Å². The SMILES string of the molecule is COc1cc(/C=N\NC(=O)COc2cccc3cccnc23)c(Br)cc1OCc1ccc(C)cc1. The fourth-order valence-electron chi connectivity index (χ4n) is 3.31. The van der Waals surface area contributed by atoms with Gasteiger partial charge in [0.1, 0.15) is 17.9 Å². The van der Waals surface area contributed by atoms with Gasteiger partial charge in [-0.3, -0.25) is 9.78 Å². The van der Waals surface area contributed by atoms with Crippen LogP contribution in [-0.4, -0.2) is 30.8 Å². The van der Waals surface area contributed by atoms with Crippen LogP contribution in [0.25, 0.3) is 10.9 Å². The Kier molecular flexibility index (Phi) is 7.95. The fourth-order valence-corrected chi connectivity index (χ4v) is 3.73. The number of para-hydroxylation sites is 1. The summed E-state index contributed by atoms with van der Waals surface area (Å²) in [5.74, 6) is 1.30. The lowest BCUT2D eigenvalue weighted by Crippen LogP contribution is -2.24. The lowest BCUT2D eigenvalue weighted by Gasteiger charge is -2.13. The van der Waals surface area contributed by atoms with Crippen LogP contribution in [0.5, 0.6) is 17.2 Å². The molecule has 0 aliphatic rings. The second kappa shape index (κ2) is 11.5. The smallest absolute Gasteiger partial charge is 0.277 e. The molecule has 0 saturated carbocycles. The summed E-state index contributed by atoms with van der Waals surface area (Å²) >= 11 is 3.53. The molecule has 0 aliphatic carbocycles. The van der Waals surface area contributed by atoms with Gasteiger partial charge in [-0.2, -0.15) is 5.10 Å². The minimum absolute atomic E-state index is 0.191. The average Bonchev–Trinajstić information content (AvgIpc) is 2.88. The molecule has 1 aromatic heterocycles. The Balaban J connectivity index is 1.35. The van der Waals surface area contributed by atoms with Crippen molar-refractivity contribution in [1.29, 1.82) is 0 Å². The minimum Gasteiger partial charge on any atom is -0.493 e. The molecular formula is C27H24BrN3O4. The van der Waals surface area contributed by atoms with Crippen molar-refractivity contribution in [2.75, 3.05) is 13.7 Å². The van der Waals surface area contributed by atoms with Gasteiger partial charge < -0.3 is 14.2 Å². The summed E-state index contributed by atoms with van der Waals surface area (Å²) in [6, 6.07) is 21.1. The quantitative estimate of drug-likeness (QED) is 0.229. The van der Waals surface area contributed by atoms with Crippen LogP contribution < -0.4 is 19.6 Å². The Labute approximate surface area is 211 Å². The number of aromatic nitrogens is 1. The van der Waals surface area contributed by atoms with Crippen molar-refractivity contribution < 1.29 is 19.0 Å². The first-order chi connectivity index (χ1) is 17.0. The van der Waals surface area contributed by atoms with Gasteiger partial charge in [0.15, 0.2) is 18.1 Å². The van der Waals surface area contributed by atoms with E-state index in [-0.39, 0.29) is 6.61 Å². The molecule has 1 amide bonds. The second-order valence-corrected chi connectivity index (χ2v) is 8.57. The standard InChI is InChI=1S/C27H24BrN3O4/c1-18-8-10-19(11-9-18)16-34-25-14-22(28)21(13-24(25)33-2)15-30-31-26(32)17-35-23-7-3-5-20-6-4-12-29-27(20)23/h3-15H,16-17H2,1-2H3,(H,31,32)/b30-15-. The van der Waals surface area contributed by atoms with Crippen LogP contribution in [0.15, 0.2) is 82.5 Å². The number of hydrazone groups is 1. The maximum atomic E-state index is 12.2. The van der Waals surface area contributed by atoms with Gasteiger partial charge in [-0.15, -0.1) is 0 Å². The number of pyridine rings is 1. The van der Waals surface area contributed by atoms with E-state index in [1.165, 1.54) is 11.8 Å². The lowest BCUT2D eigenvalue weighted by molar-refractivity contribution is -0.123. The highest BCUT2D eigenvalue weighted by Crippen LogP contribution is 2.33. The highest BCUT2D eigenvalue weighted by Gasteiger charge is 2.11. The molecule has 7 nitrogen and oxygen atoms in total. The molecule has 178 valence electrons. The predicted octanol–water partition coefficient (Wildman–Crippen LogP) is 5.42. The van der Waals surface area contributed by atoms with E-state index >= 15 is 0 Å². The molecule has 0 radical (unpaired) electrons. The zero-order valence-corrected chi connectivity index (χ0v) is 20.9. The summed E-state index contributed by atoms with van der Waals surface area (Å²) in [7, 11) is 1.57. The van der Waals surface area contributed by atoms with E-state index in [4.69, 9.17) is 14.2 Å². The van der Waals surface area contributed by atoms with Gasteiger partial charge >= 0.3 is 0 Å². The molecular weight excluding hydrogens is 510 g/mol. The van der Waals surface area contributed by atoms with Crippen LogP contribution in [0.1, 0.15) is 16.7 Å². The van der Waals surface area contributed by atoms with E-state index in [1.807, 2.05) is 61.5 Å². The summed E-state index contributed by atoms with van der Waals surface area (Å²) < 4.78 is 17.8. The molecule has 1 heterocycles. The summed E-state index contributed by atoms with van der Waals surface area (Å²) in [5.41, 5.74) is 6.14. The largest absolute Gasteiger partial charge is 0.493 e. The molecule has 0 saturated heterocycles. The van der Waals surface area contributed by atoms with Crippen molar-refractivity contribution in [3.8, 4) is 17.2 Å². The lowest BCUT2D eigenvalue weighted by atomic mass is 10.2. The number of carbonyl (C=O) groups excluding carboxylic acids is 1. The number of aryl methyl sites for hydroxylation is 1. The first-order valence-corrected chi connectivity index (χ1v) is 11.7. The number of ether oxygens (including phenoxy) is 3. The van der Waals surface area contributed by atoms with Crippen LogP contribution in [-0.2, 0) is 11.4 Å². The number of benzene rings is 3. The van der Waals surface area contributed by atoms with Crippen LogP contribution >= 0.6 is 15.9 Å². The number of hydrogen-bond donors (Lipinski definition) is 1. The Hall–Kier alpha value is -3.91. The van der Waals surface area contributed by atoms with Crippen molar-refractivity contribution in [2.45, 2.75) is 13.5 Å². The fraction of sp³-hybridized carbons (Fsp3) is 0.148. The number of halogens is 1. The van der Waals surface area contributed by atoms with Crippen molar-refractivity contribution in [3.05, 3.63) is 94.1 Å². The minimum atomic E-state index is -0.393. The van der Waals surface area contributed by atoms with Gasteiger partial charge in [0, 0.05) is 21.6 Å². The van der Waals surface area contributed by atoms with Gasteiger partial charge in [0.05, 0.1) is 13.3 Å². The molecule has 0 spiro atoms. The maximum absolute atomic E-state index is 12.2. The van der Waals surface area contributed by atoms with Gasteiger partial charge in [-0.25, -0.2) is 5.43 Å². The molecule has 0 fully saturated rings. The van der Waals surface area contributed by atoms with Crippen LogP contribution in [0.2, 0.25) is 0 Å². The van der Waals surface area contributed by atoms with E-state index < -0.39 is 5.91 Å². The van der Waals surface area contributed by atoms with Crippen molar-refractivity contribution >= 4 is 39.0 Å². The molecule has 0 unspecified atom stereocenters. The molecule has 0 aliphatic heterocycles. The van der Waals surface area contributed by atoms with Gasteiger partial charge in [-0.05, 0) is 52.7 Å². The van der Waals surface area contributed by atoms with E-state index in [2.05, 4.69) is 31.4 Å². The number of carbonyl (C=O) groups is 1. The number of fused-ring (bicyclic) bond motifs is 1. The first kappa shape index (κ1) is 24.2. The monoisotopic (exact) mass is 533 g/mol. The summed E-state index contributed by atoms with van der Waals surface area (Å²) in [6.45, 7) is 2.27. The summed E-state index contributed by atoms with van der Waals surface area (Å²) in [5, 5.41) is 4.98. The number of nitrogens with one attached hydrogen (secondary N) is 1. The molecule has 0 bridgehead atoms. The Morgan fingerprint density at radius 2 is 1.83 bits per heavy atom. The van der Waals surface area contributed by atoms with Crippen molar-refractivity contribution in [1.82, 2.24) is 10.4 Å². The van der Waals surface area contributed by atoms with Crippen molar-refractivity contribution in [3.63, 3.8) is 0 Å². The molecule has 1 N–H and O–H groups in total. The van der Waals surface area contributed by atoms with Crippen LogP contribution in [0.4, 0.5) is 0 Å². The summed E-state index contributed by atoms with van der Waals surface area (Å²) in [4.78, 5) is 16.5. The van der Waals surface area contributed by atoms with E-state index in [9.17, 15) is 4.79 Å².